The van der Waals surface area contributed by atoms with Gasteiger partial charge in [0.05, 0.1) is 0 Å². The molecule has 0 spiro atoms. The number of nitrogens with two attached hydrogens (primary N) is 1. The molecule has 0 aliphatic rings. The standard InChI is InChI=1S/C11H20N4/c1-4-5-10(12)7-13-11-14-8(2)6-9(3)15-11/h6,10H,4-5,7,12H2,1-3H3,(H,13,14,15). The molecule has 0 aliphatic heterocycles. The van der Waals surface area contributed by atoms with Crippen molar-refractivity contribution in [2.45, 2.75) is 39.7 Å². The maximum absolute atomic E-state index is 5.89. The zero-order chi connectivity index (χ0) is 11.3. The Balaban J connectivity index is 2.50. The highest BCUT2D eigenvalue weighted by Gasteiger charge is 2.03. The first-order valence-electron chi connectivity index (χ1n) is 5.43. The number of aryl methyl sites for hydroxylation is 2. The van der Waals surface area contributed by atoms with Gasteiger partial charge in [0.1, 0.15) is 0 Å². The summed E-state index contributed by atoms with van der Waals surface area (Å²) in [5.41, 5.74) is 7.85. The van der Waals surface area contributed by atoms with E-state index in [1.807, 2.05) is 19.9 Å². The van der Waals surface area contributed by atoms with Crippen molar-refractivity contribution in [3.63, 3.8) is 0 Å². The average Bonchev–Trinajstić information content (AvgIpc) is 2.14. The van der Waals surface area contributed by atoms with Gasteiger partial charge in [-0.25, -0.2) is 9.97 Å². The van der Waals surface area contributed by atoms with Crippen LogP contribution in [0.2, 0.25) is 0 Å². The Morgan fingerprint density at radius 2 is 1.93 bits per heavy atom. The van der Waals surface area contributed by atoms with Gasteiger partial charge in [-0.3, -0.25) is 0 Å². The lowest BCUT2D eigenvalue weighted by Gasteiger charge is -2.11. The number of nitrogens with one attached hydrogen (secondary N) is 1. The molecule has 1 atom stereocenters. The van der Waals surface area contributed by atoms with Crippen LogP contribution in [0.15, 0.2) is 6.07 Å². The minimum absolute atomic E-state index is 0.180. The van der Waals surface area contributed by atoms with Gasteiger partial charge in [-0.2, -0.15) is 0 Å². The summed E-state index contributed by atoms with van der Waals surface area (Å²) in [4.78, 5) is 8.58. The second-order valence-electron chi connectivity index (χ2n) is 3.90. The van der Waals surface area contributed by atoms with E-state index in [-0.39, 0.29) is 6.04 Å². The minimum Gasteiger partial charge on any atom is -0.353 e. The van der Waals surface area contributed by atoms with Gasteiger partial charge < -0.3 is 11.1 Å². The molecule has 84 valence electrons. The predicted molar refractivity (Wildman–Crippen MR) is 62.9 cm³/mol. The Kier molecular flexibility index (Phi) is 4.49. The maximum atomic E-state index is 5.89. The van der Waals surface area contributed by atoms with E-state index in [0.29, 0.717) is 5.95 Å². The molecular weight excluding hydrogens is 188 g/mol. The van der Waals surface area contributed by atoms with Gasteiger partial charge in [0.15, 0.2) is 0 Å². The molecule has 0 radical (unpaired) electrons. The summed E-state index contributed by atoms with van der Waals surface area (Å²) in [6.45, 7) is 6.79. The molecule has 1 rings (SSSR count). The van der Waals surface area contributed by atoms with E-state index in [4.69, 9.17) is 5.73 Å². The first kappa shape index (κ1) is 11.9. The van der Waals surface area contributed by atoms with Gasteiger partial charge in [0.25, 0.3) is 0 Å². The van der Waals surface area contributed by atoms with E-state index in [0.717, 1.165) is 30.8 Å². The second kappa shape index (κ2) is 5.66. The highest BCUT2D eigenvalue weighted by atomic mass is 15.1. The van der Waals surface area contributed by atoms with Gasteiger partial charge >= 0.3 is 0 Å². The summed E-state index contributed by atoms with van der Waals surface area (Å²) in [7, 11) is 0. The van der Waals surface area contributed by atoms with Crippen molar-refractivity contribution < 1.29 is 0 Å². The highest BCUT2D eigenvalue weighted by molar-refractivity contribution is 5.27. The molecule has 15 heavy (non-hydrogen) atoms. The van der Waals surface area contributed by atoms with Crippen LogP contribution in [0.4, 0.5) is 5.95 Å². The zero-order valence-electron chi connectivity index (χ0n) is 9.75. The van der Waals surface area contributed by atoms with Gasteiger partial charge in [-0.15, -0.1) is 0 Å². The number of aromatic nitrogens is 2. The van der Waals surface area contributed by atoms with Crippen molar-refractivity contribution in [2.75, 3.05) is 11.9 Å². The fourth-order valence-electron chi connectivity index (χ4n) is 1.50. The average molecular weight is 208 g/mol. The molecule has 0 aromatic carbocycles. The third-order valence-corrected chi connectivity index (χ3v) is 2.16. The van der Waals surface area contributed by atoms with Crippen molar-refractivity contribution in [3.05, 3.63) is 17.5 Å². The van der Waals surface area contributed by atoms with Gasteiger partial charge in [-0.05, 0) is 26.3 Å². The molecule has 3 N–H and O–H groups in total. The molecule has 0 saturated heterocycles. The SMILES string of the molecule is CCCC(N)CNc1nc(C)cc(C)n1. The van der Waals surface area contributed by atoms with Crippen LogP contribution in [-0.2, 0) is 0 Å². The van der Waals surface area contributed by atoms with Crippen LogP contribution in [0.5, 0.6) is 0 Å². The lowest BCUT2D eigenvalue weighted by Crippen LogP contribution is -2.29. The van der Waals surface area contributed by atoms with Gasteiger partial charge in [-0.1, -0.05) is 13.3 Å². The molecule has 4 heteroatoms. The summed E-state index contributed by atoms with van der Waals surface area (Å²) >= 11 is 0. The molecule has 0 aliphatic carbocycles. The fraction of sp³-hybridized carbons (Fsp3) is 0.636. The van der Waals surface area contributed by atoms with Crippen LogP contribution < -0.4 is 11.1 Å². The maximum Gasteiger partial charge on any atom is 0.223 e. The van der Waals surface area contributed by atoms with E-state index in [1.165, 1.54) is 0 Å². The first-order chi connectivity index (χ1) is 7.11. The van der Waals surface area contributed by atoms with Crippen molar-refractivity contribution in [2.24, 2.45) is 5.73 Å². The third-order valence-electron chi connectivity index (χ3n) is 2.16. The predicted octanol–water partition coefficient (Wildman–Crippen LogP) is 1.63. The van der Waals surface area contributed by atoms with Crippen LogP contribution in [0.3, 0.4) is 0 Å². The molecule has 0 amide bonds. The Morgan fingerprint density at radius 3 is 2.47 bits per heavy atom. The monoisotopic (exact) mass is 208 g/mol. The van der Waals surface area contributed by atoms with E-state index in [1.54, 1.807) is 0 Å². The second-order valence-corrected chi connectivity index (χ2v) is 3.90. The van der Waals surface area contributed by atoms with Crippen LogP contribution in [0.1, 0.15) is 31.2 Å². The molecule has 1 aromatic rings. The number of hydrogen-bond acceptors (Lipinski definition) is 4. The Hall–Kier alpha value is -1.16. The Bertz CT molecular complexity index is 291. The van der Waals surface area contributed by atoms with E-state index in [9.17, 15) is 0 Å². The summed E-state index contributed by atoms with van der Waals surface area (Å²) < 4.78 is 0. The Labute approximate surface area is 91.3 Å². The summed E-state index contributed by atoms with van der Waals surface area (Å²) in [5.74, 6) is 0.680. The Morgan fingerprint density at radius 1 is 1.33 bits per heavy atom. The third kappa shape index (κ3) is 4.25. The molecule has 0 bridgehead atoms. The molecule has 1 aromatic heterocycles. The van der Waals surface area contributed by atoms with E-state index < -0.39 is 0 Å². The van der Waals surface area contributed by atoms with Crippen molar-refractivity contribution >= 4 is 5.95 Å². The lowest BCUT2D eigenvalue weighted by molar-refractivity contribution is 0.624. The number of rotatable bonds is 5. The largest absolute Gasteiger partial charge is 0.353 e. The number of hydrogen-bond donors (Lipinski definition) is 2. The van der Waals surface area contributed by atoms with Gasteiger partial charge in [0, 0.05) is 24.0 Å². The molecule has 0 saturated carbocycles. The number of nitrogens with zero attached hydrogens (tertiary/aromatic N) is 2. The van der Waals surface area contributed by atoms with Crippen molar-refractivity contribution in [3.8, 4) is 0 Å². The zero-order valence-corrected chi connectivity index (χ0v) is 9.75. The topological polar surface area (TPSA) is 63.8 Å². The van der Waals surface area contributed by atoms with Gasteiger partial charge in [0.2, 0.25) is 5.95 Å². The van der Waals surface area contributed by atoms with E-state index >= 15 is 0 Å². The highest BCUT2D eigenvalue weighted by Crippen LogP contribution is 2.04. The minimum atomic E-state index is 0.180. The summed E-state index contributed by atoms with van der Waals surface area (Å²) in [6, 6.07) is 2.14. The molecular formula is C11H20N4. The lowest BCUT2D eigenvalue weighted by atomic mass is 10.2. The molecule has 0 fully saturated rings. The normalized spacial score (nSPS) is 12.5. The molecule has 1 unspecified atom stereocenters. The summed E-state index contributed by atoms with van der Waals surface area (Å²) in [6.07, 6.45) is 2.13. The van der Waals surface area contributed by atoms with Crippen LogP contribution >= 0.6 is 0 Å². The number of anilines is 1. The van der Waals surface area contributed by atoms with Crippen LogP contribution in [-0.4, -0.2) is 22.6 Å². The van der Waals surface area contributed by atoms with Crippen LogP contribution in [0.25, 0.3) is 0 Å². The van der Waals surface area contributed by atoms with E-state index in [2.05, 4.69) is 22.2 Å². The molecule has 4 nitrogen and oxygen atoms in total. The first-order valence-corrected chi connectivity index (χ1v) is 5.43. The quantitative estimate of drug-likeness (QED) is 0.772. The summed E-state index contributed by atoms with van der Waals surface area (Å²) in [5, 5.41) is 3.16. The van der Waals surface area contributed by atoms with Crippen LogP contribution in [0, 0.1) is 13.8 Å². The smallest absolute Gasteiger partial charge is 0.223 e. The van der Waals surface area contributed by atoms with Crippen molar-refractivity contribution in [1.29, 1.82) is 0 Å². The molecule has 1 heterocycles. The van der Waals surface area contributed by atoms with Crippen molar-refractivity contribution in [1.82, 2.24) is 9.97 Å². The fourth-order valence-corrected chi connectivity index (χ4v) is 1.50.